The summed E-state index contributed by atoms with van der Waals surface area (Å²) in [4.78, 5) is 11.9. The average molecular weight is 269 g/mol. The first-order valence-electron chi connectivity index (χ1n) is 5.57. The Morgan fingerprint density at radius 2 is 2.00 bits per heavy atom. The van der Waals surface area contributed by atoms with Crippen LogP contribution < -0.4 is 5.56 Å². The molecule has 0 saturated heterocycles. The topological polar surface area (TPSA) is 37.8 Å². The van der Waals surface area contributed by atoms with Crippen molar-refractivity contribution in [2.75, 3.05) is 0 Å². The number of hydrogen-bond donors (Lipinski definition) is 1. The van der Waals surface area contributed by atoms with Gasteiger partial charge in [0.05, 0.1) is 5.02 Å². The molecule has 18 heavy (non-hydrogen) atoms. The molecule has 1 aromatic heterocycles. The van der Waals surface area contributed by atoms with Crippen LogP contribution in [0.3, 0.4) is 0 Å². The summed E-state index contributed by atoms with van der Waals surface area (Å²) in [5, 5.41) is 3.09. The van der Waals surface area contributed by atoms with Gasteiger partial charge in [-0.25, -0.2) is 9.07 Å². The Kier molecular flexibility index (Phi) is 3.07. The Labute approximate surface area is 109 Å². The zero-order chi connectivity index (χ0) is 13.5. The quantitative estimate of drug-likeness (QED) is 0.847. The Hall–Kier alpha value is -1.55. The van der Waals surface area contributed by atoms with Gasteiger partial charge in [0.2, 0.25) is 0 Å². The summed E-state index contributed by atoms with van der Waals surface area (Å²) in [5.41, 5.74) is 0.237. The van der Waals surface area contributed by atoms with E-state index in [1.807, 2.05) is 20.8 Å². The van der Waals surface area contributed by atoms with Crippen LogP contribution in [0, 0.1) is 5.82 Å². The van der Waals surface area contributed by atoms with Crippen LogP contribution in [0.25, 0.3) is 5.69 Å². The minimum atomic E-state index is -0.535. The number of nitrogens with one attached hydrogen (secondary N) is 1. The zero-order valence-corrected chi connectivity index (χ0v) is 11.2. The van der Waals surface area contributed by atoms with Crippen molar-refractivity contribution in [3.05, 3.63) is 51.2 Å². The standard InChI is InChI=1S/C13H14ClFN2O/c1-13(2,3)10-7-11(18)17(16-10)12-8(14)5-4-6-9(12)15/h4-7,16H,1-3H3. The SMILES string of the molecule is CC(C)(C)c1cc(=O)n(-c2c(F)cccc2Cl)[nH]1. The van der Waals surface area contributed by atoms with E-state index < -0.39 is 5.82 Å². The number of aromatic amines is 1. The van der Waals surface area contributed by atoms with Crippen molar-refractivity contribution in [1.29, 1.82) is 0 Å². The highest BCUT2D eigenvalue weighted by atomic mass is 35.5. The molecule has 5 heteroatoms. The number of hydrogen-bond acceptors (Lipinski definition) is 1. The maximum absolute atomic E-state index is 13.8. The maximum atomic E-state index is 13.8. The third-order valence-corrected chi connectivity index (χ3v) is 2.99. The molecule has 2 rings (SSSR count). The lowest BCUT2D eigenvalue weighted by Gasteiger charge is -2.15. The molecule has 1 N–H and O–H groups in total. The average Bonchev–Trinajstić information content (AvgIpc) is 2.60. The molecule has 0 unspecified atom stereocenters. The van der Waals surface area contributed by atoms with Gasteiger partial charge in [-0.05, 0) is 12.1 Å². The van der Waals surface area contributed by atoms with Crippen LogP contribution in [-0.4, -0.2) is 9.78 Å². The van der Waals surface area contributed by atoms with E-state index in [1.165, 1.54) is 18.2 Å². The van der Waals surface area contributed by atoms with Gasteiger partial charge in [0.1, 0.15) is 11.5 Å². The third kappa shape index (κ3) is 2.20. The predicted molar refractivity (Wildman–Crippen MR) is 70.1 cm³/mol. The first-order chi connectivity index (χ1) is 8.30. The molecule has 0 aliphatic carbocycles. The van der Waals surface area contributed by atoms with Crippen molar-refractivity contribution >= 4 is 11.6 Å². The molecule has 0 saturated carbocycles. The van der Waals surface area contributed by atoms with Crippen LogP contribution in [0.15, 0.2) is 29.1 Å². The molecule has 96 valence electrons. The molecule has 0 radical (unpaired) electrons. The van der Waals surface area contributed by atoms with Gasteiger partial charge < -0.3 is 0 Å². The van der Waals surface area contributed by atoms with E-state index in [9.17, 15) is 9.18 Å². The number of aromatic nitrogens is 2. The van der Waals surface area contributed by atoms with Crippen LogP contribution in [0.4, 0.5) is 4.39 Å². The lowest BCUT2D eigenvalue weighted by molar-refractivity contribution is 0.554. The zero-order valence-electron chi connectivity index (χ0n) is 10.4. The largest absolute Gasteiger partial charge is 0.294 e. The number of nitrogens with zero attached hydrogens (tertiary/aromatic N) is 1. The Bertz CT molecular complexity index is 617. The first-order valence-corrected chi connectivity index (χ1v) is 5.95. The molecule has 0 aliphatic heterocycles. The second kappa shape index (κ2) is 4.28. The number of halogens is 2. The van der Waals surface area contributed by atoms with Crippen LogP contribution in [0.2, 0.25) is 5.02 Å². The molecule has 0 bridgehead atoms. The van der Waals surface area contributed by atoms with E-state index in [0.29, 0.717) is 0 Å². The molecule has 0 amide bonds. The van der Waals surface area contributed by atoms with Crippen LogP contribution in [-0.2, 0) is 5.41 Å². The highest BCUT2D eigenvalue weighted by Crippen LogP contribution is 2.24. The first kappa shape index (κ1) is 12.9. The number of para-hydroxylation sites is 1. The van der Waals surface area contributed by atoms with E-state index >= 15 is 0 Å². The molecular weight excluding hydrogens is 255 g/mol. The van der Waals surface area contributed by atoms with E-state index in [2.05, 4.69) is 5.10 Å². The van der Waals surface area contributed by atoms with Gasteiger partial charge in [-0.2, -0.15) is 0 Å². The Morgan fingerprint density at radius 1 is 1.33 bits per heavy atom. The highest BCUT2D eigenvalue weighted by molar-refractivity contribution is 6.32. The third-order valence-electron chi connectivity index (χ3n) is 2.69. The normalized spacial score (nSPS) is 11.8. The summed E-state index contributed by atoms with van der Waals surface area (Å²) in [6.07, 6.45) is 0. The van der Waals surface area contributed by atoms with Crippen LogP contribution in [0.1, 0.15) is 26.5 Å². The molecule has 0 spiro atoms. The number of H-pyrrole nitrogens is 1. The Morgan fingerprint density at radius 3 is 2.50 bits per heavy atom. The fourth-order valence-electron chi connectivity index (χ4n) is 1.65. The summed E-state index contributed by atoms with van der Waals surface area (Å²) in [6, 6.07) is 5.78. The van der Waals surface area contributed by atoms with E-state index in [0.717, 1.165) is 10.4 Å². The van der Waals surface area contributed by atoms with Crippen LogP contribution in [0.5, 0.6) is 0 Å². The van der Waals surface area contributed by atoms with Gasteiger partial charge in [0.25, 0.3) is 5.56 Å². The summed E-state index contributed by atoms with van der Waals surface area (Å²) >= 11 is 5.94. The van der Waals surface area contributed by atoms with Crippen molar-refractivity contribution in [1.82, 2.24) is 9.78 Å². The Balaban J connectivity index is 2.66. The van der Waals surface area contributed by atoms with E-state index in [4.69, 9.17) is 11.6 Å². The maximum Gasteiger partial charge on any atom is 0.271 e. The van der Waals surface area contributed by atoms with Crippen molar-refractivity contribution in [2.24, 2.45) is 0 Å². The molecule has 0 fully saturated rings. The van der Waals surface area contributed by atoms with E-state index in [-0.39, 0.29) is 21.7 Å². The molecule has 0 aliphatic rings. The second-order valence-corrected chi connectivity index (χ2v) is 5.57. The minimum Gasteiger partial charge on any atom is -0.294 e. The van der Waals surface area contributed by atoms with Gasteiger partial charge >= 0.3 is 0 Å². The summed E-state index contributed by atoms with van der Waals surface area (Å²) in [7, 11) is 0. The molecule has 3 nitrogen and oxygen atoms in total. The van der Waals surface area contributed by atoms with Crippen molar-refractivity contribution in [2.45, 2.75) is 26.2 Å². The highest BCUT2D eigenvalue weighted by Gasteiger charge is 2.20. The van der Waals surface area contributed by atoms with Gasteiger partial charge in [-0.15, -0.1) is 0 Å². The summed E-state index contributed by atoms with van der Waals surface area (Å²) < 4.78 is 14.9. The second-order valence-electron chi connectivity index (χ2n) is 5.16. The monoisotopic (exact) mass is 268 g/mol. The van der Waals surface area contributed by atoms with Crippen molar-refractivity contribution in [3.63, 3.8) is 0 Å². The van der Waals surface area contributed by atoms with Gasteiger partial charge in [-0.1, -0.05) is 38.4 Å². The smallest absolute Gasteiger partial charge is 0.271 e. The number of rotatable bonds is 1. The van der Waals surface area contributed by atoms with Crippen molar-refractivity contribution in [3.8, 4) is 5.69 Å². The lowest BCUT2D eigenvalue weighted by atomic mass is 9.93. The molecule has 1 aromatic carbocycles. The predicted octanol–water partition coefficient (Wildman–Crippen LogP) is 3.26. The van der Waals surface area contributed by atoms with E-state index in [1.54, 1.807) is 6.07 Å². The molecule has 2 aromatic rings. The lowest BCUT2D eigenvalue weighted by Crippen LogP contribution is -2.16. The fraction of sp³-hybridized carbons (Fsp3) is 0.308. The van der Waals surface area contributed by atoms with Gasteiger partial charge in [0.15, 0.2) is 0 Å². The fourth-order valence-corrected chi connectivity index (χ4v) is 1.90. The summed E-state index contributed by atoms with van der Waals surface area (Å²) in [6.45, 7) is 5.89. The molecule has 1 heterocycles. The minimum absolute atomic E-state index is 0.0552. The molecule has 0 atom stereocenters. The van der Waals surface area contributed by atoms with Gasteiger partial charge in [0, 0.05) is 17.2 Å². The van der Waals surface area contributed by atoms with Crippen LogP contribution >= 0.6 is 11.6 Å². The number of benzene rings is 1. The summed E-state index contributed by atoms with van der Waals surface area (Å²) in [5.74, 6) is -0.535. The van der Waals surface area contributed by atoms with Gasteiger partial charge in [-0.3, -0.25) is 9.89 Å². The van der Waals surface area contributed by atoms with Crippen molar-refractivity contribution < 1.29 is 4.39 Å². The molecular formula is C13H14ClFN2O.